The summed E-state index contributed by atoms with van der Waals surface area (Å²) in [5.74, 6) is 0. The van der Waals surface area contributed by atoms with Crippen molar-refractivity contribution >= 4 is 15.9 Å². The van der Waals surface area contributed by atoms with E-state index >= 15 is 0 Å². The number of methoxy groups -OCH3 is 2. The van der Waals surface area contributed by atoms with E-state index in [-0.39, 0.29) is 0 Å². The van der Waals surface area contributed by atoms with E-state index in [1.54, 1.807) is 14.2 Å². The molecule has 0 unspecified atom stereocenters. The van der Waals surface area contributed by atoms with Crippen molar-refractivity contribution in [1.82, 2.24) is 0 Å². The smallest absolute Gasteiger partial charge is 0.0703 e. The quantitative estimate of drug-likeness (QED) is 0.677. The van der Waals surface area contributed by atoms with E-state index in [1.807, 2.05) is 4.99 Å². The lowest BCUT2D eigenvalue weighted by atomic mass is 10.3. The van der Waals surface area contributed by atoms with Crippen molar-refractivity contribution in [3.63, 3.8) is 0 Å². The Balaban J connectivity index is 3.43. The van der Waals surface area contributed by atoms with Crippen molar-refractivity contribution in [2.75, 3.05) is 27.4 Å². The molecule has 0 saturated carbocycles. The van der Waals surface area contributed by atoms with Gasteiger partial charge in [0.15, 0.2) is 0 Å². The van der Waals surface area contributed by atoms with Crippen molar-refractivity contribution in [3.8, 4) is 0 Å². The highest BCUT2D eigenvalue weighted by Gasteiger charge is 1.92. The zero-order chi connectivity index (χ0) is 7.11. The molecular weight excluding hydrogens is 184 g/mol. The van der Waals surface area contributed by atoms with Crippen molar-refractivity contribution in [2.45, 2.75) is 0 Å². The number of hydrogen-bond acceptors (Lipinski definition) is 2. The number of ether oxygens (including phenoxy) is 2. The average molecular weight is 195 g/mol. The van der Waals surface area contributed by atoms with E-state index in [0.717, 1.165) is 5.57 Å². The first kappa shape index (κ1) is 9.14. The SMILES string of the molecule is COCC(=CBr)COC. The lowest BCUT2D eigenvalue weighted by Crippen LogP contribution is -2.00. The van der Waals surface area contributed by atoms with Crippen LogP contribution >= 0.6 is 15.9 Å². The fraction of sp³-hybridized carbons (Fsp3) is 0.667. The summed E-state index contributed by atoms with van der Waals surface area (Å²) in [7, 11) is 3.32. The van der Waals surface area contributed by atoms with Crippen LogP contribution in [0.3, 0.4) is 0 Å². The second kappa shape index (κ2) is 6.26. The van der Waals surface area contributed by atoms with Crippen molar-refractivity contribution < 1.29 is 9.47 Å². The van der Waals surface area contributed by atoms with E-state index in [4.69, 9.17) is 9.47 Å². The third kappa shape index (κ3) is 4.63. The first-order valence-electron chi connectivity index (χ1n) is 2.61. The predicted octanol–water partition coefficient (Wildman–Crippen LogP) is 1.56. The molecular formula is C6H11BrO2. The summed E-state index contributed by atoms with van der Waals surface area (Å²) < 4.78 is 9.74. The normalized spacial score (nSPS) is 9.22. The minimum absolute atomic E-state index is 0.624. The predicted molar refractivity (Wildman–Crippen MR) is 40.8 cm³/mol. The van der Waals surface area contributed by atoms with Gasteiger partial charge < -0.3 is 9.47 Å². The monoisotopic (exact) mass is 194 g/mol. The number of hydrogen-bond donors (Lipinski definition) is 0. The Morgan fingerprint density at radius 3 is 2.00 bits per heavy atom. The molecule has 0 rings (SSSR count). The molecule has 0 N–H and O–H groups in total. The van der Waals surface area contributed by atoms with Crippen LogP contribution in [0.25, 0.3) is 0 Å². The molecule has 0 amide bonds. The molecule has 0 aromatic rings. The van der Waals surface area contributed by atoms with Crippen LogP contribution in [0.2, 0.25) is 0 Å². The molecule has 9 heavy (non-hydrogen) atoms. The highest BCUT2D eigenvalue weighted by molar-refractivity contribution is 9.11. The topological polar surface area (TPSA) is 18.5 Å². The number of halogens is 1. The van der Waals surface area contributed by atoms with Crippen LogP contribution in [0, 0.1) is 0 Å². The molecule has 0 heterocycles. The molecule has 0 saturated heterocycles. The molecule has 3 heteroatoms. The molecule has 0 spiro atoms. The van der Waals surface area contributed by atoms with E-state index in [1.165, 1.54) is 0 Å². The highest BCUT2D eigenvalue weighted by atomic mass is 79.9. The van der Waals surface area contributed by atoms with Crippen LogP contribution in [-0.2, 0) is 9.47 Å². The van der Waals surface area contributed by atoms with E-state index in [9.17, 15) is 0 Å². The van der Waals surface area contributed by atoms with Gasteiger partial charge in [0, 0.05) is 14.2 Å². The summed E-state index contributed by atoms with van der Waals surface area (Å²) in [6.45, 7) is 1.25. The van der Waals surface area contributed by atoms with Gasteiger partial charge in [0.25, 0.3) is 0 Å². The molecule has 0 atom stereocenters. The molecule has 54 valence electrons. The Morgan fingerprint density at radius 1 is 1.33 bits per heavy atom. The average Bonchev–Trinajstić information content (AvgIpc) is 1.88. The van der Waals surface area contributed by atoms with Crippen LogP contribution in [0.5, 0.6) is 0 Å². The van der Waals surface area contributed by atoms with Crippen LogP contribution in [0.4, 0.5) is 0 Å². The molecule has 0 aromatic carbocycles. The molecule has 0 aromatic heterocycles. The zero-order valence-corrected chi connectivity index (χ0v) is 7.27. The number of rotatable bonds is 4. The van der Waals surface area contributed by atoms with E-state index in [0.29, 0.717) is 13.2 Å². The van der Waals surface area contributed by atoms with E-state index < -0.39 is 0 Å². The Bertz CT molecular complexity index is 83.1. The summed E-state index contributed by atoms with van der Waals surface area (Å²) in [6.07, 6.45) is 0. The molecule has 0 aliphatic heterocycles. The van der Waals surface area contributed by atoms with Crippen LogP contribution in [0.1, 0.15) is 0 Å². The van der Waals surface area contributed by atoms with Gasteiger partial charge in [-0.25, -0.2) is 0 Å². The second-order valence-corrected chi connectivity index (χ2v) is 2.09. The van der Waals surface area contributed by atoms with Gasteiger partial charge in [-0.05, 0) is 10.6 Å². The van der Waals surface area contributed by atoms with Crippen molar-refractivity contribution in [2.24, 2.45) is 0 Å². The summed E-state index contributed by atoms with van der Waals surface area (Å²) in [6, 6.07) is 0. The molecule has 0 aliphatic rings. The van der Waals surface area contributed by atoms with Crippen LogP contribution < -0.4 is 0 Å². The van der Waals surface area contributed by atoms with Gasteiger partial charge in [-0.1, -0.05) is 15.9 Å². The maximum absolute atomic E-state index is 4.87. The van der Waals surface area contributed by atoms with Crippen molar-refractivity contribution in [3.05, 3.63) is 10.6 Å². The molecule has 0 bridgehead atoms. The van der Waals surface area contributed by atoms with Crippen LogP contribution in [-0.4, -0.2) is 27.4 Å². The Hall–Kier alpha value is 0.140. The molecule has 2 nitrogen and oxygen atoms in total. The summed E-state index contributed by atoms with van der Waals surface area (Å²) in [5, 5.41) is 0. The van der Waals surface area contributed by atoms with Gasteiger partial charge in [-0.2, -0.15) is 0 Å². The van der Waals surface area contributed by atoms with Gasteiger partial charge in [0.2, 0.25) is 0 Å². The van der Waals surface area contributed by atoms with Crippen molar-refractivity contribution in [1.29, 1.82) is 0 Å². The van der Waals surface area contributed by atoms with Gasteiger partial charge in [-0.3, -0.25) is 0 Å². The maximum atomic E-state index is 4.87. The summed E-state index contributed by atoms with van der Waals surface area (Å²) >= 11 is 3.20. The largest absolute Gasteiger partial charge is 0.380 e. The van der Waals surface area contributed by atoms with Gasteiger partial charge >= 0.3 is 0 Å². The second-order valence-electron chi connectivity index (χ2n) is 1.63. The minimum Gasteiger partial charge on any atom is -0.380 e. The lowest BCUT2D eigenvalue weighted by Gasteiger charge is -2.01. The first-order valence-corrected chi connectivity index (χ1v) is 3.52. The standard InChI is InChI=1S/C6H11BrO2/c1-8-4-6(3-7)5-9-2/h3H,4-5H2,1-2H3. The maximum Gasteiger partial charge on any atom is 0.0703 e. The molecule has 0 aliphatic carbocycles. The zero-order valence-electron chi connectivity index (χ0n) is 5.69. The highest BCUT2D eigenvalue weighted by Crippen LogP contribution is 1.98. The minimum atomic E-state index is 0.624. The Labute approximate surface area is 64.0 Å². The molecule has 0 radical (unpaired) electrons. The fourth-order valence-electron chi connectivity index (χ4n) is 0.475. The summed E-state index contributed by atoms with van der Waals surface area (Å²) in [5.41, 5.74) is 1.10. The Morgan fingerprint density at radius 2 is 1.78 bits per heavy atom. The van der Waals surface area contributed by atoms with E-state index in [2.05, 4.69) is 15.9 Å². The Kier molecular flexibility index (Phi) is 6.36. The van der Waals surface area contributed by atoms with Gasteiger partial charge in [0.1, 0.15) is 0 Å². The first-order chi connectivity index (χ1) is 4.35. The summed E-state index contributed by atoms with van der Waals surface area (Å²) in [4.78, 5) is 1.82. The van der Waals surface area contributed by atoms with Gasteiger partial charge in [-0.15, -0.1) is 0 Å². The lowest BCUT2D eigenvalue weighted by molar-refractivity contribution is 0.182. The van der Waals surface area contributed by atoms with Crippen LogP contribution in [0.15, 0.2) is 10.6 Å². The third-order valence-corrected chi connectivity index (χ3v) is 1.46. The molecule has 0 fully saturated rings. The third-order valence-electron chi connectivity index (χ3n) is 0.814. The fourth-order valence-corrected chi connectivity index (χ4v) is 0.740. The van der Waals surface area contributed by atoms with Gasteiger partial charge in [0.05, 0.1) is 13.2 Å².